The molecule has 0 atom stereocenters. The first-order valence-electron chi connectivity index (χ1n) is 8.72. The highest BCUT2D eigenvalue weighted by Crippen LogP contribution is 2.39. The topological polar surface area (TPSA) is 62.4 Å². The zero-order valence-corrected chi connectivity index (χ0v) is 13.9. The Balaban J connectivity index is 1.78. The van der Waals surface area contributed by atoms with Crippen molar-refractivity contribution in [1.29, 1.82) is 0 Å². The fourth-order valence-corrected chi connectivity index (χ4v) is 3.90. The second-order valence-electron chi connectivity index (χ2n) is 6.95. The molecule has 1 aromatic heterocycles. The lowest BCUT2D eigenvalue weighted by molar-refractivity contribution is -0.0229. The fourth-order valence-electron chi connectivity index (χ4n) is 3.90. The number of ether oxygens (including phenoxy) is 1. The summed E-state index contributed by atoms with van der Waals surface area (Å²) in [6.45, 7) is 5.25. The van der Waals surface area contributed by atoms with E-state index in [0.717, 1.165) is 64.1 Å². The van der Waals surface area contributed by atoms with Crippen LogP contribution in [0.1, 0.15) is 55.1 Å². The highest BCUT2D eigenvalue weighted by molar-refractivity contribution is 5.94. The molecule has 1 N–H and O–H groups in total. The Morgan fingerprint density at radius 3 is 2.83 bits per heavy atom. The largest absolute Gasteiger partial charge is 0.381 e. The molecule has 2 aliphatic heterocycles. The molecule has 5 nitrogen and oxygen atoms in total. The van der Waals surface area contributed by atoms with Gasteiger partial charge in [0.15, 0.2) is 0 Å². The quantitative estimate of drug-likeness (QED) is 0.930. The third kappa shape index (κ3) is 3.66. The van der Waals surface area contributed by atoms with Gasteiger partial charge in [0.05, 0.1) is 0 Å². The minimum absolute atomic E-state index is 0.000908. The zero-order valence-electron chi connectivity index (χ0n) is 13.9. The maximum atomic E-state index is 12.9. The second-order valence-corrected chi connectivity index (χ2v) is 6.95. The molecule has 1 aromatic rings. The Labute approximate surface area is 137 Å². The summed E-state index contributed by atoms with van der Waals surface area (Å²) in [4.78, 5) is 29.5. The van der Waals surface area contributed by atoms with Gasteiger partial charge in [0.1, 0.15) is 0 Å². The highest BCUT2D eigenvalue weighted by atomic mass is 16.5. The number of nitrogens with one attached hydrogen (secondary N) is 1. The van der Waals surface area contributed by atoms with Crippen molar-refractivity contribution in [3.63, 3.8) is 0 Å². The number of likely N-dealkylation sites (tertiary alicyclic amines) is 1. The first-order chi connectivity index (χ1) is 11.1. The van der Waals surface area contributed by atoms with Crippen molar-refractivity contribution in [3.05, 3.63) is 33.7 Å². The predicted octanol–water partition coefficient (Wildman–Crippen LogP) is 2.36. The number of aromatic amines is 1. The molecule has 0 unspecified atom stereocenters. The predicted molar refractivity (Wildman–Crippen MR) is 88.7 cm³/mol. The lowest BCUT2D eigenvalue weighted by Crippen LogP contribution is -2.48. The van der Waals surface area contributed by atoms with Crippen LogP contribution >= 0.6 is 0 Å². The lowest BCUT2D eigenvalue weighted by Gasteiger charge is -2.45. The molecule has 3 heterocycles. The maximum absolute atomic E-state index is 12.9. The number of carbonyl (C=O) groups excluding carboxylic acids is 1. The summed E-state index contributed by atoms with van der Waals surface area (Å²) in [5.74, 6) is -0.000908. The average Bonchev–Trinajstić information content (AvgIpc) is 2.55. The van der Waals surface area contributed by atoms with Crippen LogP contribution in [0.3, 0.4) is 0 Å². The normalized spacial score (nSPS) is 20.7. The minimum atomic E-state index is -0.183. The van der Waals surface area contributed by atoms with Crippen LogP contribution in [0, 0.1) is 5.41 Å². The smallest absolute Gasteiger partial charge is 0.254 e. The molecule has 2 aliphatic rings. The van der Waals surface area contributed by atoms with Crippen LogP contribution < -0.4 is 5.56 Å². The third-order valence-electron chi connectivity index (χ3n) is 5.17. The number of pyridine rings is 1. The number of amides is 1. The Kier molecular flexibility index (Phi) is 4.85. The van der Waals surface area contributed by atoms with Crippen molar-refractivity contribution in [2.45, 2.75) is 45.4 Å². The number of nitrogens with zero attached hydrogens (tertiary/aromatic N) is 1. The second kappa shape index (κ2) is 6.87. The van der Waals surface area contributed by atoms with Gasteiger partial charge in [0.25, 0.3) is 5.91 Å². The summed E-state index contributed by atoms with van der Waals surface area (Å²) in [5.41, 5.74) is 1.42. The van der Waals surface area contributed by atoms with Gasteiger partial charge in [-0.1, -0.05) is 13.3 Å². The number of rotatable bonds is 3. The molecule has 2 saturated heterocycles. The molecule has 126 valence electrons. The van der Waals surface area contributed by atoms with E-state index in [1.807, 2.05) is 11.0 Å². The van der Waals surface area contributed by atoms with Crippen LogP contribution in [-0.2, 0) is 11.2 Å². The molecule has 0 aromatic carbocycles. The molecular weight excluding hydrogens is 292 g/mol. The number of piperidine rings is 1. The van der Waals surface area contributed by atoms with E-state index in [9.17, 15) is 9.59 Å². The maximum Gasteiger partial charge on any atom is 0.254 e. The van der Waals surface area contributed by atoms with Crippen LogP contribution in [0.25, 0.3) is 0 Å². The molecular formula is C18H26N2O3. The molecule has 2 fully saturated rings. The van der Waals surface area contributed by atoms with E-state index in [0.29, 0.717) is 5.56 Å². The molecule has 0 aliphatic carbocycles. The Morgan fingerprint density at radius 2 is 2.09 bits per heavy atom. The van der Waals surface area contributed by atoms with Gasteiger partial charge >= 0.3 is 0 Å². The third-order valence-corrected chi connectivity index (χ3v) is 5.17. The molecule has 5 heteroatoms. The molecule has 3 rings (SSSR count). The highest BCUT2D eigenvalue weighted by Gasteiger charge is 2.38. The molecule has 1 amide bonds. The lowest BCUT2D eigenvalue weighted by atomic mass is 9.74. The van der Waals surface area contributed by atoms with Crippen LogP contribution in [-0.4, -0.2) is 42.1 Å². The number of hydrogen-bond acceptors (Lipinski definition) is 3. The number of carbonyl (C=O) groups is 1. The van der Waals surface area contributed by atoms with E-state index >= 15 is 0 Å². The summed E-state index contributed by atoms with van der Waals surface area (Å²) >= 11 is 0. The van der Waals surface area contributed by atoms with E-state index < -0.39 is 0 Å². The van der Waals surface area contributed by atoms with E-state index in [1.54, 1.807) is 0 Å². The van der Waals surface area contributed by atoms with Crippen molar-refractivity contribution in [2.24, 2.45) is 5.41 Å². The summed E-state index contributed by atoms with van der Waals surface area (Å²) in [6.07, 6.45) is 6.02. The number of H-pyrrole nitrogens is 1. The van der Waals surface area contributed by atoms with Crippen molar-refractivity contribution in [2.75, 3.05) is 26.3 Å². The molecule has 0 bridgehead atoms. The summed E-state index contributed by atoms with van der Waals surface area (Å²) in [5, 5.41) is 0. The van der Waals surface area contributed by atoms with Gasteiger partial charge in [0.2, 0.25) is 5.56 Å². The summed E-state index contributed by atoms with van der Waals surface area (Å²) in [6, 6.07) is 3.28. The first kappa shape index (κ1) is 16.2. The van der Waals surface area contributed by atoms with Crippen molar-refractivity contribution in [1.82, 2.24) is 9.88 Å². The standard InChI is InChI=1S/C18H26N2O3/c1-2-4-15-11-14(12-16(21)19-15)17(22)20-8-3-5-18(13-20)6-9-23-10-7-18/h11-12H,2-10,13H2,1H3,(H,19,21). The zero-order chi connectivity index (χ0) is 16.3. The van der Waals surface area contributed by atoms with E-state index in [1.165, 1.54) is 12.5 Å². The van der Waals surface area contributed by atoms with Crippen molar-refractivity contribution < 1.29 is 9.53 Å². The molecule has 1 spiro atoms. The van der Waals surface area contributed by atoms with Gasteiger partial charge < -0.3 is 14.6 Å². The molecule has 23 heavy (non-hydrogen) atoms. The number of aryl methyl sites for hydroxylation is 1. The van der Waals surface area contributed by atoms with Gasteiger partial charge in [-0.15, -0.1) is 0 Å². The van der Waals surface area contributed by atoms with E-state index in [2.05, 4.69) is 11.9 Å². The van der Waals surface area contributed by atoms with Gasteiger partial charge in [-0.25, -0.2) is 0 Å². The van der Waals surface area contributed by atoms with Crippen LogP contribution in [0.2, 0.25) is 0 Å². The van der Waals surface area contributed by atoms with Crippen molar-refractivity contribution in [3.8, 4) is 0 Å². The van der Waals surface area contributed by atoms with Crippen LogP contribution in [0.4, 0.5) is 0 Å². The Bertz CT molecular complexity index is 611. The number of aromatic nitrogens is 1. The Hall–Kier alpha value is -1.62. The Morgan fingerprint density at radius 1 is 1.30 bits per heavy atom. The van der Waals surface area contributed by atoms with Gasteiger partial charge in [-0.2, -0.15) is 0 Å². The van der Waals surface area contributed by atoms with E-state index in [-0.39, 0.29) is 16.9 Å². The summed E-state index contributed by atoms with van der Waals surface area (Å²) < 4.78 is 5.49. The van der Waals surface area contributed by atoms with Crippen molar-refractivity contribution >= 4 is 5.91 Å². The average molecular weight is 318 g/mol. The van der Waals surface area contributed by atoms with Gasteiger partial charge in [-0.05, 0) is 43.6 Å². The molecule has 0 saturated carbocycles. The van der Waals surface area contributed by atoms with E-state index in [4.69, 9.17) is 4.74 Å². The first-order valence-corrected chi connectivity index (χ1v) is 8.72. The fraction of sp³-hybridized carbons (Fsp3) is 0.667. The van der Waals surface area contributed by atoms with Crippen LogP contribution in [0.15, 0.2) is 16.9 Å². The van der Waals surface area contributed by atoms with Gasteiger partial charge in [-0.3, -0.25) is 9.59 Å². The summed E-state index contributed by atoms with van der Waals surface area (Å²) in [7, 11) is 0. The number of hydrogen-bond donors (Lipinski definition) is 1. The van der Waals surface area contributed by atoms with Gasteiger partial charge in [0, 0.05) is 43.6 Å². The minimum Gasteiger partial charge on any atom is -0.381 e. The molecule has 0 radical (unpaired) electrons. The van der Waals surface area contributed by atoms with Crippen LogP contribution in [0.5, 0.6) is 0 Å². The monoisotopic (exact) mass is 318 g/mol. The SMILES string of the molecule is CCCc1cc(C(=O)N2CCCC3(CCOCC3)C2)cc(=O)[nH]1.